The van der Waals surface area contributed by atoms with Crippen LogP contribution in [0.2, 0.25) is 0 Å². The molecule has 0 radical (unpaired) electrons. The average molecular weight is 253 g/mol. The van der Waals surface area contributed by atoms with E-state index >= 15 is 0 Å². The summed E-state index contributed by atoms with van der Waals surface area (Å²) < 4.78 is 26.0. The van der Waals surface area contributed by atoms with Crippen molar-refractivity contribution in [2.24, 2.45) is 28.6 Å². The molecule has 4 nitrogen and oxygen atoms in total. The number of anilines is 1. The van der Waals surface area contributed by atoms with Gasteiger partial charge in [0.05, 0.1) is 0 Å². The lowest BCUT2D eigenvalue weighted by molar-refractivity contribution is 0.315. The molecule has 96 valence electrons. The number of rotatable bonds is 2. The van der Waals surface area contributed by atoms with Crippen molar-refractivity contribution in [1.82, 2.24) is 0 Å². The zero-order valence-electron chi connectivity index (χ0n) is 9.55. The topological polar surface area (TPSA) is 61.9 Å². The first-order chi connectivity index (χ1) is 8.61. The van der Waals surface area contributed by atoms with Gasteiger partial charge in [0.15, 0.2) is 11.6 Å². The Balaban J connectivity index is 1.71. The average Bonchev–Trinajstić information content (AvgIpc) is 2.86. The monoisotopic (exact) mass is 253 g/mol. The second kappa shape index (κ2) is 3.83. The third kappa shape index (κ3) is 1.60. The molecule has 1 heterocycles. The summed E-state index contributed by atoms with van der Waals surface area (Å²) >= 11 is 0. The summed E-state index contributed by atoms with van der Waals surface area (Å²) in [6.45, 7) is 1.47. The maximum absolute atomic E-state index is 13.1. The number of nitrogens with zero attached hydrogens (tertiary/aromatic N) is 2. The summed E-state index contributed by atoms with van der Waals surface area (Å²) in [5, 5.41) is 11.6. The van der Waals surface area contributed by atoms with Crippen LogP contribution >= 0.6 is 0 Å². The smallest absolute Gasteiger partial charge is 0.160 e. The van der Waals surface area contributed by atoms with E-state index in [1.54, 1.807) is 6.07 Å². The molecular weight excluding hydrogens is 240 g/mol. The third-order valence-corrected chi connectivity index (χ3v) is 3.92. The summed E-state index contributed by atoms with van der Waals surface area (Å²) in [4.78, 5) is 2.00. The van der Waals surface area contributed by atoms with Crippen molar-refractivity contribution >= 4 is 11.5 Å². The van der Waals surface area contributed by atoms with Crippen LogP contribution in [0, 0.1) is 29.4 Å². The maximum atomic E-state index is 13.1. The van der Waals surface area contributed by atoms with E-state index in [1.807, 2.05) is 4.90 Å². The van der Waals surface area contributed by atoms with Crippen LogP contribution in [-0.2, 0) is 0 Å². The lowest BCUT2D eigenvalue weighted by Gasteiger charge is -2.21. The summed E-state index contributed by atoms with van der Waals surface area (Å²) in [5.41, 5.74) is 6.25. The van der Waals surface area contributed by atoms with E-state index in [9.17, 15) is 8.78 Å². The Hall–Kier alpha value is -1.85. The highest BCUT2D eigenvalue weighted by Crippen LogP contribution is 2.52. The fourth-order valence-electron chi connectivity index (χ4n) is 2.92. The second-order valence-corrected chi connectivity index (χ2v) is 4.88. The Morgan fingerprint density at radius 1 is 1.28 bits per heavy atom. The minimum absolute atomic E-state index is 0.136. The summed E-state index contributed by atoms with van der Waals surface area (Å²) in [6.07, 6.45) is 0. The highest BCUT2D eigenvalue weighted by atomic mass is 19.2. The molecule has 6 heteroatoms. The molecule has 3 rings (SSSR count). The van der Waals surface area contributed by atoms with E-state index in [0.717, 1.165) is 19.2 Å². The van der Waals surface area contributed by atoms with Crippen LogP contribution in [0.1, 0.15) is 0 Å². The van der Waals surface area contributed by atoms with Crippen molar-refractivity contribution in [2.45, 2.75) is 0 Å². The van der Waals surface area contributed by atoms with Gasteiger partial charge < -0.3 is 15.8 Å². The van der Waals surface area contributed by atoms with Crippen LogP contribution in [0.4, 0.5) is 14.5 Å². The molecule has 1 aliphatic heterocycles. The Kier molecular flexibility index (Phi) is 2.39. The Labute approximate surface area is 103 Å². The molecule has 1 saturated heterocycles. The fourth-order valence-corrected chi connectivity index (χ4v) is 2.92. The molecule has 1 aromatic carbocycles. The quantitative estimate of drug-likeness (QED) is 0.362. The molecule has 1 aromatic rings. The van der Waals surface area contributed by atoms with Crippen molar-refractivity contribution < 1.29 is 14.0 Å². The number of piperidine rings is 1. The van der Waals surface area contributed by atoms with Gasteiger partial charge >= 0.3 is 0 Å². The van der Waals surface area contributed by atoms with Crippen molar-refractivity contribution in [2.75, 3.05) is 18.0 Å². The van der Waals surface area contributed by atoms with E-state index < -0.39 is 11.6 Å². The molecule has 0 spiro atoms. The molecule has 0 aromatic heterocycles. The van der Waals surface area contributed by atoms with Crippen LogP contribution in [0.3, 0.4) is 0 Å². The van der Waals surface area contributed by atoms with E-state index in [1.165, 1.54) is 6.07 Å². The van der Waals surface area contributed by atoms with Crippen LogP contribution in [0.5, 0.6) is 0 Å². The van der Waals surface area contributed by atoms with E-state index in [4.69, 9.17) is 10.9 Å². The predicted octanol–water partition coefficient (Wildman–Crippen LogP) is 1.39. The Bertz CT molecular complexity index is 508. The minimum atomic E-state index is -0.836. The Morgan fingerprint density at radius 2 is 1.94 bits per heavy atom. The van der Waals surface area contributed by atoms with Crippen molar-refractivity contribution in [3.8, 4) is 0 Å². The highest BCUT2D eigenvalue weighted by molar-refractivity contribution is 5.86. The zero-order chi connectivity index (χ0) is 12.9. The van der Waals surface area contributed by atoms with Gasteiger partial charge in [-0.25, -0.2) is 8.78 Å². The van der Waals surface area contributed by atoms with Crippen LogP contribution < -0.4 is 10.6 Å². The molecular formula is C12H13F2N3O. The van der Waals surface area contributed by atoms with E-state index in [2.05, 4.69) is 5.16 Å². The van der Waals surface area contributed by atoms with Gasteiger partial charge in [-0.05, 0) is 24.0 Å². The van der Waals surface area contributed by atoms with Gasteiger partial charge in [-0.2, -0.15) is 0 Å². The van der Waals surface area contributed by atoms with Gasteiger partial charge in [-0.3, -0.25) is 0 Å². The number of halogens is 2. The number of fused-ring (bicyclic) bond motifs is 1. The van der Waals surface area contributed by atoms with Crippen LogP contribution in [-0.4, -0.2) is 24.1 Å². The number of amidine groups is 1. The fraction of sp³-hybridized carbons (Fsp3) is 0.417. The van der Waals surface area contributed by atoms with Gasteiger partial charge in [0, 0.05) is 30.8 Å². The maximum Gasteiger partial charge on any atom is 0.160 e. The number of hydrogen-bond donors (Lipinski definition) is 2. The van der Waals surface area contributed by atoms with E-state index in [0.29, 0.717) is 17.5 Å². The van der Waals surface area contributed by atoms with Crippen LogP contribution in [0.25, 0.3) is 0 Å². The summed E-state index contributed by atoms with van der Waals surface area (Å²) in [6, 6.07) is 3.91. The number of benzene rings is 1. The largest absolute Gasteiger partial charge is 0.409 e. The van der Waals surface area contributed by atoms with Gasteiger partial charge in [-0.15, -0.1) is 0 Å². The standard InChI is InChI=1S/C12H13F2N3O/c13-9-2-1-6(3-10(9)14)17-4-7-8(5-17)11(7)12(15)16-18/h1-3,7-8,11,18H,4-5H2,(H2,15,16). The number of hydrogen-bond acceptors (Lipinski definition) is 3. The zero-order valence-corrected chi connectivity index (χ0v) is 9.55. The molecule has 0 amide bonds. The molecule has 2 atom stereocenters. The summed E-state index contributed by atoms with van der Waals surface area (Å²) in [7, 11) is 0. The molecule has 1 aliphatic carbocycles. The first-order valence-corrected chi connectivity index (χ1v) is 5.79. The molecule has 0 bridgehead atoms. The predicted molar refractivity (Wildman–Crippen MR) is 62.4 cm³/mol. The first-order valence-electron chi connectivity index (χ1n) is 5.79. The first kappa shape index (κ1) is 11.3. The highest BCUT2D eigenvalue weighted by Gasteiger charge is 2.58. The van der Waals surface area contributed by atoms with Crippen molar-refractivity contribution in [3.05, 3.63) is 29.8 Å². The van der Waals surface area contributed by atoms with Crippen molar-refractivity contribution in [1.29, 1.82) is 0 Å². The Morgan fingerprint density at radius 3 is 2.50 bits per heavy atom. The van der Waals surface area contributed by atoms with Crippen LogP contribution in [0.15, 0.2) is 23.4 Å². The molecule has 2 unspecified atom stereocenters. The molecule has 3 N–H and O–H groups in total. The molecule has 2 fully saturated rings. The summed E-state index contributed by atoms with van der Waals surface area (Å²) in [5.74, 6) is -0.548. The van der Waals surface area contributed by atoms with Gasteiger partial charge in [0.1, 0.15) is 5.84 Å². The molecule has 2 aliphatic rings. The number of oxime groups is 1. The van der Waals surface area contributed by atoms with Gasteiger partial charge in [0.25, 0.3) is 0 Å². The van der Waals surface area contributed by atoms with Crippen molar-refractivity contribution in [3.63, 3.8) is 0 Å². The lowest BCUT2D eigenvalue weighted by Crippen LogP contribution is -2.28. The minimum Gasteiger partial charge on any atom is -0.409 e. The normalized spacial score (nSPS) is 30.4. The SMILES string of the molecule is N/C(=N\O)C1C2CN(c3ccc(F)c(F)c3)CC21. The molecule has 18 heavy (non-hydrogen) atoms. The van der Waals surface area contributed by atoms with E-state index in [-0.39, 0.29) is 11.8 Å². The number of nitrogens with two attached hydrogens (primary N) is 1. The van der Waals surface area contributed by atoms with Gasteiger partial charge in [0.2, 0.25) is 0 Å². The molecule has 1 saturated carbocycles. The lowest BCUT2D eigenvalue weighted by atomic mass is 10.2. The van der Waals surface area contributed by atoms with Gasteiger partial charge in [-0.1, -0.05) is 5.16 Å². The third-order valence-electron chi connectivity index (χ3n) is 3.92. The second-order valence-electron chi connectivity index (χ2n) is 4.88.